The molecule has 0 rings (SSSR count). The molecule has 0 amide bonds. The second kappa shape index (κ2) is 17.5. The third-order valence-corrected chi connectivity index (χ3v) is 6.04. The summed E-state index contributed by atoms with van der Waals surface area (Å²) in [5.41, 5.74) is 0. The van der Waals surface area contributed by atoms with Crippen molar-refractivity contribution in [3.8, 4) is 0 Å². The smallest absolute Gasteiger partial charge is 0.326 e. The second-order valence-electron chi connectivity index (χ2n) is 7.56. The van der Waals surface area contributed by atoms with Crippen LogP contribution in [0.5, 0.6) is 0 Å². The first-order chi connectivity index (χ1) is 12.9. The van der Waals surface area contributed by atoms with Crippen molar-refractivity contribution in [1.29, 1.82) is 0 Å². The summed E-state index contributed by atoms with van der Waals surface area (Å²) in [5.74, 6) is -0.825. The molecule has 0 fully saturated rings. The number of carbonyl (C=O) groups excluding carboxylic acids is 1. The molecule has 0 aromatic carbocycles. The van der Waals surface area contributed by atoms with E-state index in [0.717, 1.165) is 19.3 Å². The molecule has 1 atom stereocenters. The topological polar surface area (TPSA) is 80.7 Å². The number of carbonyl (C=O) groups is 1. The summed E-state index contributed by atoms with van der Waals surface area (Å²) in [7, 11) is -4.39. The summed E-state index contributed by atoms with van der Waals surface area (Å²) in [6.45, 7) is 4.27. The highest BCUT2D eigenvalue weighted by Gasteiger charge is 2.31. The fraction of sp³-hybridized carbons (Fsp3) is 0.952. The van der Waals surface area contributed by atoms with E-state index in [1.807, 2.05) is 6.92 Å². The standard InChI is InChI=1S/C21H42O5S/c1-3-5-6-7-8-9-10-11-12-13-14-15-16-17-18-20(27(23,24)25)21(22)26-19-4-2/h20H,3-19H2,1-2H3,(H,23,24,25). The van der Waals surface area contributed by atoms with Gasteiger partial charge in [-0.3, -0.25) is 9.35 Å². The first kappa shape index (κ1) is 26.4. The molecule has 1 unspecified atom stereocenters. The quantitative estimate of drug-likeness (QED) is 0.160. The maximum absolute atomic E-state index is 11.8. The Bertz CT molecular complexity index is 447. The van der Waals surface area contributed by atoms with Crippen LogP contribution in [-0.2, 0) is 19.6 Å². The highest BCUT2D eigenvalue weighted by atomic mass is 32.2. The lowest BCUT2D eigenvalue weighted by molar-refractivity contribution is -0.143. The molecule has 27 heavy (non-hydrogen) atoms. The monoisotopic (exact) mass is 406 g/mol. The van der Waals surface area contributed by atoms with Gasteiger partial charge in [-0.2, -0.15) is 8.42 Å². The molecule has 0 aliphatic carbocycles. The van der Waals surface area contributed by atoms with Crippen molar-refractivity contribution in [2.45, 2.75) is 122 Å². The summed E-state index contributed by atoms with van der Waals surface area (Å²) in [5, 5.41) is -1.43. The van der Waals surface area contributed by atoms with Crippen LogP contribution in [0.1, 0.15) is 117 Å². The molecule has 0 aromatic heterocycles. The molecule has 0 bridgehead atoms. The lowest BCUT2D eigenvalue weighted by atomic mass is 10.0. The van der Waals surface area contributed by atoms with Gasteiger partial charge in [0.05, 0.1) is 6.61 Å². The van der Waals surface area contributed by atoms with Gasteiger partial charge < -0.3 is 4.74 Å². The van der Waals surface area contributed by atoms with E-state index in [1.54, 1.807) is 0 Å². The zero-order valence-electron chi connectivity index (χ0n) is 17.6. The Kier molecular flexibility index (Phi) is 17.1. The number of rotatable bonds is 19. The van der Waals surface area contributed by atoms with E-state index in [0.29, 0.717) is 12.8 Å². The van der Waals surface area contributed by atoms with E-state index < -0.39 is 21.3 Å². The van der Waals surface area contributed by atoms with Crippen LogP contribution in [0.25, 0.3) is 0 Å². The third kappa shape index (κ3) is 16.1. The van der Waals surface area contributed by atoms with Crippen LogP contribution < -0.4 is 0 Å². The fourth-order valence-corrected chi connectivity index (χ4v) is 3.98. The van der Waals surface area contributed by atoms with Crippen LogP contribution >= 0.6 is 0 Å². The molecule has 0 aromatic rings. The van der Waals surface area contributed by atoms with Crippen LogP contribution in [0.15, 0.2) is 0 Å². The van der Waals surface area contributed by atoms with Crippen molar-refractivity contribution in [3.63, 3.8) is 0 Å². The zero-order valence-corrected chi connectivity index (χ0v) is 18.4. The van der Waals surface area contributed by atoms with Crippen LogP contribution in [0.3, 0.4) is 0 Å². The molecule has 0 radical (unpaired) electrons. The lowest BCUT2D eigenvalue weighted by Gasteiger charge is -2.12. The van der Waals surface area contributed by atoms with Gasteiger partial charge >= 0.3 is 5.97 Å². The summed E-state index contributed by atoms with van der Waals surface area (Å²) >= 11 is 0. The van der Waals surface area contributed by atoms with Crippen LogP contribution in [0.4, 0.5) is 0 Å². The Morgan fingerprint density at radius 2 is 1.15 bits per heavy atom. The van der Waals surface area contributed by atoms with Gasteiger partial charge in [-0.25, -0.2) is 0 Å². The maximum Gasteiger partial charge on any atom is 0.326 e. The minimum absolute atomic E-state index is 0.138. The Morgan fingerprint density at radius 1 is 0.741 bits per heavy atom. The Balaban J connectivity index is 3.61. The summed E-state index contributed by atoms with van der Waals surface area (Å²) in [6.07, 6.45) is 17.7. The van der Waals surface area contributed by atoms with E-state index in [2.05, 4.69) is 6.92 Å². The number of hydrogen-bond donors (Lipinski definition) is 1. The third-order valence-electron chi connectivity index (χ3n) is 4.89. The van der Waals surface area contributed by atoms with Crippen molar-refractivity contribution in [1.82, 2.24) is 0 Å². The van der Waals surface area contributed by atoms with E-state index in [1.165, 1.54) is 64.2 Å². The van der Waals surface area contributed by atoms with Gasteiger partial charge in [-0.05, 0) is 12.8 Å². The van der Waals surface area contributed by atoms with Gasteiger partial charge in [0.25, 0.3) is 10.1 Å². The first-order valence-electron chi connectivity index (χ1n) is 11.1. The normalized spacial score (nSPS) is 12.9. The first-order valence-corrected chi connectivity index (χ1v) is 12.6. The molecule has 0 spiro atoms. The maximum atomic E-state index is 11.8. The molecule has 0 heterocycles. The van der Waals surface area contributed by atoms with Crippen molar-refractivity contribution in [2.75, 3.05) is 6.61 Å². The minimum atomic E-state index is -4.39. The van der Waals surface area contributed by atoms with Gasteiger partial charge in [0.2, 0.25) is 0 Å². The van der Waals surface area contributed by atoms with E-state index in [-0.39, 0.29) is 13.0 Å². The molecule has 5 nitrogen and oxygen atoms in total. The van der Waals surface area contributed by atoms with E-state index in [9.17, 15) is 17.8 Å². The van der Waals surface area contributed by atoms with Gasteiger partial charge in [0.1, 0.15) is 0 Å². The SMILES string of the molecule is CCCCCCCCCCCCCCCCC(C(=O)OCCC)S(=O)(=O)O. The summed E-state index contributed by atoms with van der Waals surface area (Å²) in [4.78, 5) is 11.8. The predicted molar refractivity (Wildman–Crippen MR) is 112 cm³/mol. The molecular weight excluding hydrogens is 364 g/mol. The molecular formula is C21H42O5S. The second-order valence-corrected chi connectivity index (χ2v) is 9.15. The average Bonchev–Trinajstić information content (AvgIpc) is 2.62. The Labute approximate surface area is 167 Å². The average molecular weight is 407 g/mol. The molecule has 0 saturated carbocycles. The highest BCUT2D eigenvalue weighted by Crippen LogP contribution is 2.16. The number of ether oxygens (including phenoxy) is 1. The molecule has 0 saturated heterocycles. The molecule has 0 aliphatic heterocycles. The van der Waals surface area contributed by atoms with Crippen molar-refractivity contribution in [3.05, 3.63) is 0 Å². The van der Waals surface area contributed by atoms with Crippen molar-refractivity contribution >= 4 is 16.1 Å². The largest absolute Gasteiger partial charge is 0.465 e. The molecule has 0 aliphatic rings. The molecule has 162 valence electrons. The van der Waals surface area contributed by atoms with Gasteiger partial charge in [-0.15, -0.1) is 0 Å². The van der Waals surface area contributed by atoms with E-state index >= 15 is 0 Å². The number of unbranched alkanes of at least 4 members (excludes halogenated alkanes) is 13. The number of esters is 1. The Morgan fingerprint density at radius 3 is 1.52 bits per heavy atom. The lowest BCUT2D eigenvalue weighted by Crippen LogP contribution is -2.31. The predicted octanol–water partition coefficient (Wildman–Crippen LogP) is 6.07. The number of hydrogen-bond acceptors (Lipinski definition) is 4. The van der Waals surface area contributed by atoms with Gasteiger partial charge in [0, 0.05) is 0 Å². The molecule has 6 heteroatoms. The van der Waals surface area contributed by atoms with Crippen molar-refractivity contribution < 1.29 is 22.5 Å². The van der Waals surface area contributed by atoms with Gasteiger partial charge in [0.15, 0.2) is 5.25 Å². The van der Waals surface area contributed by atoms with Crippen LogP contribution in [-0.4, -0.2) is 30.8 Å². The highest BCUT2D eigenvalue weighted by molar-refractivity contribution is 7.87. The van der Waals surface area contributed by atoms with Crippen LogP contribution in [0.2, 0.25) is 0 Å². The summed E-state index contributed by atoms with van der Waals surface area (Å²) < 4.78 is 36.8. The minimum Gasteiger partial charge on any atom is -0.465 e. The Hall–Kier alpha value is -0.620. The zero-order chi connectivity index (χ0) is 20.4. The van der Waals surface area contributed by atoms with Crippen LogP contribution in [0, 0.1) is 0 Å². The van der Waals surface area contributed by atoms with Crippen molar-refractivity contribution in [2.24, 2.45) is 0 Å². The fourth-order valence-electron chi connectivity index (χ4n) is 3.21. The van der Waals surface area contributed by atoms with Gasteiger partial charge in [-0.1, -0.05) is 104 Å². The molecule has 1 N–H and O–H groups in total. The summed E-state index contributed by atoms with van der Waals surface area (Å²) in [6, 6.07) is 0. The van der Waals surface area contributed by atoms with E-state index in [4.69, 9.17) is 4.74 Å².